The molecule has 1 aliphatic rings. The van der Waals surface area contributed by atoms with Crippen molar-refractivity contribution in [2.45, 2.75) is 39.3 Å². The third-order valence-electron chi connectivity index (χ3n) is 4.37. The van der Waals surface area contributed by atoms with Crippen LogP contribution >= 0.6 is 11.3 Å². The Morgan fingerprint density at radius 1 is 1.27 bits per heavy atom. The van der Waals surface area contributed by atoms with E-state index >= 15 is 0 Å². The van der Waals surface area contributed by atoms with Gasteiger partial charge in [0, 0.05) is 43.5 Å². The fourth-order valence-electron chi connectivity index (χ4n) is 3.01. The van der Waals surface area contributed by atoms with Crippen molar-refractivity contribution in [1.82, 2.24) is 15.2 Å². The van der Waals surface area contributed by atoms with Gasteiger partial charge in [0.25, 0.3) is 0 Å². The summed E-state index contributed by atoms with van der Waals surface area (Å²) in [5.74, 6) is 0. The highest BCUT2D eigenvalue weighted by Crippen LogP contribution is 2.17. The van der Waals surface area contributed by atoms with E-state index in [-0.39, 0.29) is 0 Å². The third-order valence-corrected chi connectivity index (χ3v) is 5.50. The molecule has 1 fully saturated rings. The number of nitrogens with zero attached hydrogens (tertiary/aromatic N) is 2. The Morgan fingerprint density at radius 2 is 2.09 bits per heavy atom. The molecule has 118 valence electrons. The zero-order valence-corrected chi connectivity index (χ0v) is 14.3. The molecule has 0 bridgehead atoms. The molecule has 0 spiro atoms. The minimum atomic E-state index is 0.630. The van der Waals surface area contributed by atoms with Crippen LogP contribution in [-0.4, -0.2) is 35.6 Å². The maximum Gasteiger partial charge on any atom is 0.0943 e. The summed E-state index contributed by atoms with van der Waals surface area (Å²) in [5, 5.41) is 4.96. The fourth-order valence-corrected chi connectivity index (χ4v) is 3.95. The van der Waals surface area contributed by atoms with E-state index in [1.54, 1.807) is 0 Å². The van der Waals surface area contributed by atoms with Crippen LogP contribution < -0.4 is 5.32 Å². The number of likely N-dealkylation sites (tertiary alicyclic amines) is 1. The van der Waals surface area contributed by atoms with Gasteiger partial charge in [-0.1, -0.05) is 30.3 Å². The second-order valence-electron chi connectivity index (χ2n) is 6.16. The third kappa shape index (κ3) is 4.15. The summed E-state index contributed by atoms with van der Waals surface area (Å²) in [6.07, 6.45) is 2.30. The lowest BCUT2D eigenvalue weighted by atomic mass is 10.2. The normalized spacial score (nSPS) is 18.9. The lowest BCUT2D eigenvalue weighted by Crippen LogP contribution is -2.33. The average molecular weight is 315 g/mol. The van der Waals surface area contributed by atoms with E-state index < -0.39 is 0 Å². The van der Waals surface area contributed by atoms with E-state index in [0.717, 1.165) is 26.1 Å². The predicted octanol–water partition coefficient (Wildman–Crippen LogP) is 3.17. The number of benzene rings is 1. The molecule has 2 aromatic rings. The first-order chi connectivity index (χ1) is 10.7. The Balaban J connectivity index is 1.39. The molecule has 3 rings (SSSR count). The predicted molar refractivity (Wildman–Crippen MR) is 93.4 cm³/mol. The van der Waals surface area contributed by atoms with E-state index in [9.17, 15) is 0 Å². The van der Waals surface area contributed by atoms with Gasteiger partial charge < -0.3 is 5.32 Å². The lowest BCUT2D eigenvalue weighted by molar-refractivity contribution is 0.320. The Kier molecular flexibility index (Phi) is 5.24. The van der Waals surface area contributed by atoms with Gasteiger partial charge in [0.2, 0.25) is 0 Å². The van der Waals surface area contributed by atoms with Crippen LogP contribution in [-0.2, 0) is 13.0 Å². The van der Waals surface area contributed by atoms with Crippen LogP contribution in [0.2, 0.25) is 0 Å². The standard InChI is InChI=1S/C18H25N3S/c1-14-15(2)22-18(20-14)8-10-19-17-9-11-21(13-17)12-16-6-4-3-5-7-16/h3-7,17,19H,8-13H2,1-2H3/t17-/m1/s1. The summed E-state index contributed by atoms with van der Waals surface area (Å²) in [4.78, 5) is 8.51. The minimum absolute atomic E-state index is 0.630. The summed E-state index contributed by atoms with van der Waals surface area (Å²) >= 11 is 1.84. The van der Waals surface area contributed by atoms with Crippen molar-refractivity contribution >= 4 is 11.3 Å². The van der Waals surface area contributed by atoms with Gasteiger partial charge in [-0.2, -0.15) is 0 Å². The Hall–Kier alpha value is -1.23. The molecule has 1 aromatic heterocycles. The number of aromatic nitrogens is 1. The van der Waals surface area contributed by atoms with Gasteiger partial charge in [0.1, 0.15) is 0 Å². The molecule has 1 aromatic carbocycles. The monoisotopic (exact) mass is 315 g/mol. The van der Waals surface area contributed by atoms with Crippen LogP contribution in [0.1, 0.15) is 27.6 Å². The smallest absolute Gasteiger partial charge is 0.0943 e. The summed E-state index contributed by atoms with van der Waals surface area (Å²) < 4.78 is 0. The Bertz CT molecular complexity index is 574. The molecule has 1 atom stereocenters. The van der Waals surface area contributed by atoms with Gasteiger partial charge in [0.15, 0.2) is 0 Å². The van der Waals surface area contributed by atoms with E-state index in [1.165, 1.54) is 34.1 Å². The van der Waals surface area contributed by atoms with Crippen LogP contribution in [0.5, 0.6) is 0 Å². The van der Waals surface area contributed by atoms with Crippen LogP contribution in [0.4, 0.5) is 0 Å². The molecule has 0 amide bonds. The quantitative estimate of drug-likeness (QED) is 0.887. The number of hydrogen-bond acceptors (Lipinski definition) is 4. The van der Waals surface area contributed by atoms with Crippen molar-refractivity contribution in [2.24, 2.45) is 0 Å². The molecule has 2 heterocycles. The van der Waals surface area contributed by atoms with Crippen molar-refractivity contribution in [3.05, 3.63) is 51.5 Å². The van der Waals surface area contributed by atoms with Crippen LogP contribution in [0.15, 0.2) is 30.3 Å². The number of thiazole rings is 1. The molecule has 1 N–H and O–H groups in total. The largest absolute Gasteiger partial charge is 0.312 e. The highest BCUT2D eigenvalue weighted by molar-refractivity contribution is 7.11. The first-order valence-electron chi connectivity index (χ1n) is 8.13. The number of hydrogen-bond donors (Lipinski definition) is 1. The Morgan fingerprint density at radius 3 is 2.82 bits per heavy atom. The number of nitrogens with one attached hydrogen (secondary N) is 1. The molecule has 0 radical (unpaired) electrons. The molecule has 0 unspecified atom stereocenters. The maximum absolute atomic E-state index is 4.61. The first kappa shape index (κ1) is 15.7. The SMILES string of the molecule is Cc1nc(CCN[C@@H]2CCN(Cc3ccccc3)C2)sc1C. The highest BCUT2D eigenvalue weighted by Gasteiger charge is 2.21. The fraction of sp³-hybridized carbons (Fsp3) is 0.500. The molecule has 0 saturated carbocycles. The second-order valence-corrected chi connectivity index (χ2v) is 7.45. The lowest BCUT2D eigenvalue weighted by Gasteiger charge is -2.16. The van der Waals surface area contributed by atoms with E-state index in [1.807, 2.05) is 11.3 Å². The molecule has 3 nitrogen and oxygen atoms in total. The van der Waals surface area contributed by atoms with Crippen LogP contribution in [0.25, 0.3) is 0 Å². The van der Waals surface area contributed by atoms with Gasteiger partial charge >= 0.3 is 0 Å². The zero-order valence-electron chi connectivity index (χ0n) is 13.5. The molecular formula is C18H25N3S. The van der Waals surface area contributed by atoms with Crippen molar-refractivity contribution in [3.8, 4) is 0 Å². The van der Waals surface area contributed by atoms with Gasteiger partial charge in [-0.3, -0.25) is 4.90 Å². The van der Waals surface area contributed by atoms with Crippen molar-refractivity contribution < 1.29 is 0 Å². The van der Waals surface area contributed by atoms with E-state index in [2.05, 4.69) is 59.4 Å². The Labute approximate surface area is 137 Å². The van der Waals surface area contributed by atoms with E-state index in [4.69, 9.17) is 0 Å². The topological polar surface area (TPSA) is 28.2 Å². The summed E-state index contributed by atoms with van der Waals surface area (Å²) in [7, 11) is 0. The van der Waals surface area contributed by atoms with Gasteiger partial charge in [-0.25, -0.2) is 4.98 Å². The van der Waals surface area contributed by atoms with Crippen molar-refractivity contribution in [2.75, 3.05) is 19.6 Å². The number of aryl methyl sites for hydroxylation is 2. The van der Waals surface area contributed by atoms with Crippen LogP contribution in [0.3, 0.4) is 0 Å². The second kappa shape index (κ2) is 7.36. The molecule has 1 saturated heterocycles. The van der Waals surface area contributed by atoms with E-state index in [0.29, 0.717) is 6.04 Å². The van der Waals surface area contributed by atoms with Crippen LogP contribution in [0, 0.1) is 13.8 Å². The first-order valence-corrected chi connectivity index (χ1v) is 8.95. The summed E-state index contributed by atoms with van der Waals surface area (Å²) in [5.41, 5.74) is 2.60. The maximum atomic E-state index is 4.61. The summed E-state index contributed by atoms with van der Waals surface area (Å²) in [6, 6.07) is 11.4. The highest BCUT2D eigenvalue weighted by atomic mass is 32.1. The van der Waals surface area contributed by atoms with Gasteiger partial charge in [-0.05, 0) is 25.8 Å². The minimum Gasteiger partial charge on any atom is -0.312 e. The average Bonchev–Trinajstić information content (AvgIpc) is 3.08. The van der Waals surface area contributed by atoms with Crippen molar-refractivity contribution in [3.63, 3.8) is 0 Å². The summed E-state index contributed by atoms with van der Waals surface area (Å²) in [6.45, 7) is 8.72. The molecule has 0 aliphatic carbocycles. The van der Waals surface area contributed by atoms with Crippen molar-refractivity contribution in [1.29, 1.82) is 0 Å². The molecule has 4 heteroatoms. The molecule has 22 heavy (non-hydrogen) atoms. The molecular weight excluding hydrogens is 290 g/mol. The molecule has 1 aliphatic heterocycles. The zero-order chi connectivity index (χ0) is 15.4. The number of rotatable bonds is 6. The van der Waals surface area contributed by atoms with Gasteiger partial charge in [-0.15, -0.1) is 11.3 Å². The van der Waals surface area contributed by atoms with Gasteiger partial charge in [0.05, 0.1) is 10.7 Å².